The zero-order chi connectivity index (χ0) is 19.5. The van der Waals surface area contributed by atoms with Crippen LogP contribution in [-0.2, 0) is 21.8 Å². The Morgan fingerprint density at radius 3 is 2.56 bits per heavy atom. The van der Waals surface area contributed by atoms with E-state index in [0.717, 1.165) is 25.0 Å². The molecule has 1 aromatic carbocycles. The van der Waals surface area contributed by atoms with Crippen molar-refractivity contribution >= 4 is 23.6 Å². The van der Waals surface area contributed by atoms with Gasteiger partial charge in [0.2, 0.25) is 0 Å². The van der Waals surface area contributed by atoms with Gasteiger partial charge in [0.15, 0.2) is 0 Å². The Balaban J connectivity index is 1.86. The molecule has 144 valence electrons. The number of carbonyl (C=O) groups excluding carboxylic acids is 1. The van der Waals surface area contributed by atoms with Crippen LogP contribution in [0.4, 0.5) is 0 Å². The van der Waals surface area contributed by atoms with E-state index in [0.29, 0.717) is 29.6 Å². The number of aromatic nitrogens is 1. The van der Waals surface area contributed by atoms with Crippen LogP contribution in [-0.4, -0.2) is 31.8 Å². The molecule has 0 bridgehead atoms. The summed E-state index contributed by atoms with van der Waals surface area (Å²) in [6.07, 6.45) is 5.79. The molecule has 0 amide bonds. The second kappa shape index (κ2) is 11.2. The first-order valence-corrected chi connectivity index (χ1v) is 9.27. The van der Waals surface area contributed by atoms with Crippen molar-refractivity contribution in [3.8, 4) is 11.5 Å². The fourth-order valence-electron chi connectivity index (χ4n) is 2.44. The lowest BCUT2D eigenvalue weighted by Gasteiger charge is -2.10. The number of hydrogen-bond acceptors (Lipinski definition) is 5. The molecule has 6 heteroatoms. The second-order valence-electron chi connectivity index (χ2n) is 5.83. The van der Waals surface area contributed by atoms with E-state index < -0.39 is 5.97 Å². The zero-order valence-corrected chi connectivity index (χ0v) is 16.4. The van der Waals surface area contributed by atoms with Crippen LogP contribution in [0.5, 0.6) is 11.5 Å². The quantitative estimate of drug-likeness (QED) is 0.260. The minimum Gasteiger partial charge on any atom is -0.497 e. The third-order valence-corrected chi connectivity index (χ3v) is 4.21. The van der Waals surface area contributed by atoms with E-state index in [1.54, 1.807) is 13.2 Å². The molecule has 0 saturated heterocycles. The van der Waals surface area contributed by atoms with Gasteiger partial charge in [-0.05, 0) is 55.2 Å². The number of rotatable bonds is 10. The maximum atomic E-state index is 11.3. The van der Waals surface area contributed by atoms with E-state index >= 15 is 0 Å². The molecule has 0 N–H and O–H groups in total. The van der Waals surface area contributed by atoms with Crippen molar-refractivity contribution in [3.05, 3.63) is 59.4 Å². The molecule has 0 aliphatic heterocycles. The van der Waals surface area contributed by atoms with Crippen molar-refractivity contribution in [3.63, 3.8) is 0 Å². The molecule has 0 aliphatic carbocycles. The Bertz CT molecular complexity index is 759. The van der Waals surface area contributed by atoms with Gasteiger partial charge in [0.1, 0.15) is 17.2 Å². The molecular weight excluding hydrogens is 366 g/mol. The van der Waals surface area contributed by atoms with Crippen LogP contribution in [0.25, 0.3) is 6.08 Å². The highest BCUT2D eigenvalue weighted by atomic mass is 35.5. The summed E-state index contributed by atoms with van der Waals surface area (Å²) in [5.74, 6) is 1.33. The summed E-state index contributed by atoms with van der Waals surface area (Å²) in [7, 11) is 2.99. The highest BCUT2D eigenvalue weighted by Gasteiger charge is 2.06. The van der Waals surface area contributed by atoms with Crippen LogP contribution >= 0.6 is 11.6 Å². The summed E-state index contributed by atoms with van der Waals surface area (Å²) in [4.78, 5) is 15.7. The SMILES string of the molecule is COC(=O)/C=C/c1nc(CCl)ccc1OCCCCc1ccc(OC)cc1. The monoisotopic (exact) mass is 389 g/mol. The molecule has 0 radical (unpaired) electrons. The predicted molar refractivity (Wildman–Crippen MR) is 106 cm³/mol. The Kier molecular flexibility index (Phi) is 8.65. The van der Waals surface area contributed by atoms with Crippen LogP contribution in [0.15, 0.2) is 42.5 Å². The summed E-state index contributed by atoms with van der Waals surface area (Å²) >= 11 is 5.84. The number of halogens is 1. The first-order valence-electron chi connectivity index (χ1n) is 8.74. The minimum atomic E-state index is -0.446. The van der Waals surface area contributed by atoms with Crippen molar-refractivity contribution < 1.29 is 19.0 Å². The predicted octanol–water partition coefficient (Wildman–Crippen LogP) is 4.42. The molecule has 1 aromatic heterocycles. The Morgan fingerprint density at radius 1 is 1.11 bits per heavy atom. The maximum Gasteiger partial charge on any atom is 0.330 e. The van der Waals surface area contributed by atoms with Crippen molar-refractivity contribution in [1.29, 1.82) is 0 Å². The van der Waals surface area contributed by atoms with E-state index in [9.17, 15) is 4.79 Å². The first kappa shape index (κ1) is 20.8. The smallest absolute Gasteiger partial charge is 0.330 e. The summed E-state index contributed by atoms with van der Waals surface area (Å²) in [6.45, 7) is 0.567. The van der Waals surface area contributed by atoms with E-state index in [1.165, 1.54) is 18.7 Å². The van der Waals surface area contributed by atoms with E-state index in [-0.39, 0.29) is 0 Å². The lowest BCUT2D eigenvalue weighted by Crippen LogP contribution is -2.02. The average molecular weight is 390 g/mol. The molecule has 1 heterocycles. The Labute approximate surface area is 164 Å². The lowest BCUT2D eigenvalue weighted by molar-refractivity contribution is -0.134. The fraction of sp³-hybridized carbons (Fsp3) is 0.333. The van der Waals surface area contributed by atoms with Gasteiger partial charge in [-0.1, -0.05) is 12.1 Å². The van der Waals surface area contributed by atoms with Crippen LogP contribution in [0, 0.1) is 0 Å². The normalized spacial score (nSPS) is 10.8. The summed E-state index contributed by atoms with van der Waals surface area (Å²) in [5.41, 5.74) is 2.55. The molecule has 0 aliphatic rings. The average Bonchev–Trinajstić information content (AvgIpc) is 2.72. The molecule has 27 heavy (non-hydrogen) atoms. The molecule has 2 rings (SSSR count). The third kappa shape index (κ3) is 6.94. The number of hydrogen-bond donors (Lipinski definition) is 0. The van der Waals surface area contributed by atoms with Crippen LogP contribution in [0.3, 0.4) is 0 Å². The number of unbranched alkanes of at least 4 members (excludes halogenated alkanes) is 1. The van der Waals surface area contributed by atoms with Gasteiger partial charge in [0, 0.05) is 6.08 Å². The first-order chi connectivity index (χ1) is 13.2. The van der Waals surface area contributed by atoms with Crippen molar-refractivity contribution in [2.24, 2.45) is 0 Å². The lowest BCUT2D eigenvalue weighted by atomic mass is 10.1. The van der Waals surface area contributed by atoms with Crippen LogP contribution < -0.4 is 9.47 Å². The standard InChI is InChI=1S/C21H24ClNO4/c1-25-18-9-6-16(7-10-18)5-3-4-14-27-20-12-8-17(15-22)23-19(20)11-13-21(24)26-2/h6-13H,3-5,14-15H2,1-2H3/b13-11+. The molecule has 0 fully saturated rings. The summed E-state index contributed by atoms with van der Waals surface area (Å²) in [5, 5.41) is 0. The van der Waals surface area contributed by atoms with E-state index in [1.807, 2.05) is 24.3 Å². The summed E-state index contributed by atoms with van der Waals surface area (Å²) in [6, 6.07) is 11.7. The number of ether oxygens (including phenoxy) is 3. The van der Waals surface area contributed by atoms with Crippen molar-refractivity contribution in [2.45, 2.75) is 25.1 Å². The third-order valence-electron chi connectivity index (χ3n) is 3.94. The van der Waals surface area contributed by atoms with Gasteiger partial charge in [0.05, 0.1) is 32.4 Å². The van der Waals surface area contributed by atoms with Crippen LogP contribution in [0.2, 0.25) is 0 Å². The van der Waals surface area contributed by atoms with Gasteiger partial charge >= 0.3 is 5.97 Å². The number of pyridine rings is 1. The highest BCUT2D eigenvalue weighted by molar-refractivity contribution is 6.16. The van der Waals surface area contributed by atoms with Gasteiger partial charge in [-0.2, -0.15) is 0 Å². The topological polar surface area (TPSA) is 57.7 Å². The zero-order valence-electron chi connectivity index (χ0n) is 15.6. The van der Waals surface area contributed by atoms with E-state index in [2.05, 4.69) is 21.9 Å². The molecule has 2 aromatic rings. The highest BCUT2D eigenvalue weighted by Crippen LogP contribution is 2.20. The second-order valence-corrected chi connectivity index (χ2v) is 6.10. The van der Waals surface area contributed by atoms with Gasteiger partial charge in [-0.3, -0.25) is 0 Å². The van der Waals surface area contributed by atoms with E-state index in [4.69, 9.17) is 21.1 Å². The number of alkyl halides is 1. The molecule has 0 atom stereocenters. The number of methoxy groups -OCH3 is 2. The number of nitrogens with zero attached hydrogens (tertiary/aromatic N) is 1. The number of esters is 1. The van der Waals surface area contributed by atoms with Gasteiger partial charge in [0.25, 0.3) is 0 Å². The maximum absolute atomic E-state index is 11.3. The Hall–Kier alpha value is -2.53. The number of benzene rings is 1. The van der Waals surface area contributed by atoms with Crippen LogP contribution in [0.1, 0.15) is 29.8 Å². The van der Waals surface area contributed by atoms with Gasteiger partial charge < -0.3 is 14.2 Å². The molecule has 0 unspecified atom stereocenters. The molecule has 5 nitrogen and oxygen atoms in total. The van der Waals surface area contributed by atoms with Gasteiger partial charge in [-0.15, -0.1) is 11.6 Å². The van der Waals surface area contributed by atoms with Crippen molar-refractivity contribution in [2.75, 3.05) is 20.8 Å². The number of carbonyl (C=O) groups is 1. The van der Waals surface area contributed by atoms with Gasteiger partial charge in [-0.25, -0.2) is 9.78 Å². The molecule has 0 saturated carbocycles. The fourth-order valence-corrected chi connectivity index (χ4v) is 2.59. The minimum absolute atomic E-state index is 0.293. The summed E-state index contributed by atoms with van der Waals surface area (Å²) < 4.78 is 15.6. The Morgan fingerprint density at radius 2 is 1.89 bits per heavy atom. The molecular formula is C21H24ClNO4. The largest absolute Gasteiger partial charge is 0.497 e. The number of aryl methyl sites for hydroxylation is 1. The molecule has 0 spiro atoms. The van der Waals surface area contributed by atoms with Crippen molar-refractivity contribution in [1.82, 2.24) is 4.98 Å².